The van der Waals surface area contributed by atoms with E-state index < -0.39 is 42.1 Å². The molecule has 2 aliphatic carbocycles. The van der Waals surface area contributed by atoms with Crippen LogP contribution in [0.1, 0.15) is 44.1 Å². The van der Waals surface area contributed by atoms with E-state index in [1.165, 1.54) is 12.2 Å². The third-order valence-corrected chi connectivity index (χ3v) is 7.92. The minimum atomic E-state index is -1.28. The predicted molar refractivity (Wildman–Crippen MR) is 158 cm³/mol. The Balaban J connectivity index is 1.17. The molecule has 0 fully saturated rings. The summed E-state index contributed by atoms with van der Waals surface area (Å²) in [5.74, 6) is -0.823. The van der Waals surface area contributed by atoms with E-state index >= 15 is 0 Å². The number of carboxylic acid groups (broad SMARTS) is 1. The number of aliphatic hydroxyl groups excluding tert-OH is 3. The van der Waals surface area contributed by atoms with Crippen molar-refractivity contribution in [2.45, 2.75) is 50.8 Å². The van der Waals surface area contributed by atoms with E-state index in [2.05, 4.69) is 15.5 Å². The molecule has 44 heavy (non-hydrogen) atoms. The predicted octanol–water partition coefficient (Wildman–Crippen LogP) is 3.64. The number of carbonyl (C=O) groups is 2. The lowest BCUT2D eigenvalue weighted by Gasteiger charge is -2.46. The number of hydrogen-bond acceptors (Lipinski definition) is 11. The molecule has 0 radical (unpaired) electrons. The van der Waals surface area contributed by atoms with Crippen LogP contribution in [0.4, 0.5) is 10.5 Å². The second-order valence-corrected chi connectivity index (χ2v) is 10.9. The number of allylic oxidation sites excluding steroid dienone is 4. The van der Waals surface area contributed by atoms with Gasteiger partial charge >= 0.3 is 12.1 Å². The van der Waals surface area contributed by atoms with Gasteiger partial charge in [-0.1, -0.05) is 12.1 Å². The summed E-state index contributed by atoms with van der Waals surface area (Å²) in [5.41, 5.74) is 1.47. The van der Waals surface area contributed by atoms with E-state index in [1.807, 2.05) is 6.07 Å². The van der Waals surface area contributed by atoms with Crippen molar-refractivity contribution in [3.8, 4) is 0 Å². The van der Waals surface area contributed by atoms with Crippen LogP contribution in [0, 0.1) is 5.92 Å². The van der Waals surface area contributed by atoms with Gasteiger partial charge in [-0.2, -0.15) is 4.89 Å². The Bertz CT molecular complexity index is 1510. The molecule has 1 aromatic carbocycles. The summed E-state index contributed by atoms with van der Waals surface area (Å²) in [6.45, 7) is 3.49. The minimum Gasteiger partial charge on any atom is -0.508 e. The zero-order chi connectivity index (χ0) is 31.6. The zero-order valence-electron chi connectivity index (χ0n) is 23.8. The minimum absolute atomic E-state index is 0.0366. The fourth-order valence-electron chi connectivity index (χ4n) is 5.70. The van der Waals surface area contributed by atoms with Crippen molar-refractivity contribution < 1.29 is 54.0 Å². The topological polar surface area (TPSA) is 185 Å². The maximum absolute atomic E-state index is 11.8. The fraction of sp³-hybridized carbons (Fsp3) is 0.367. The number of fused-ring (bicyclic) bond motifs is 4. The van der Waals surface area contributed by atoms with E-state index in [-0.39, 0.29) is 48.2 Å². The van der Waals surface area contributed by atoms with Gasteiger partial charge in [0.15, 0.2) is 11.4 Å². The summed E-state index contributed by atoms with van der Waals surface area (Å²) in [4.78, 5) is 32.1. The summed E-state index contributed by atoms with van der Waals surface area (Å²) >= 11 is 5.35. The number of aliphatic hydroxyl groups is 3. The van der Waals surface area contributed by atoms with Crippen molar-refractivity contribution in [1.82, 2.24) is 5.32 Å². The molecule has 6 N–H and O–H groups in total. The van der Waals surface area contributed by atoms with Crippen molar-refractivity contribution in [1.29, 1.82) is 0 Å². The standard InChI is InChI=1S/C30H32N2O11S/c1-15-25(16(2)33)41-24-14-19(34)6-10-23(24)30(15)22-9-5-18(13-21(22)27(37)42-30)32-28(44)31-11-12-39-43-29(38)40-20-7-3-17(4-8-20)26(35)36/h3,5-7,9-10,13-14,16,23-24,27,33-34,37H,4,8,11-12H2,1-2H3,(H,35,36)(H2,31,32,44). The largest absolute Gasteiger partial charge is 0.545 e. The maximum atomic E-state index is 11.8. The van der Waals surface area contributed by atoms with Crippen molar-refractivity contribution in [3.05, 3.63) is 88.1 Å². The first-order valence-electron chi connectivity index (χ1n) is 13.8. The number of nitrogens with one attached hydrogen (secondary N) is 2. The van der Waals surface area contributed by atoms with Crippen LogP contribution < -0.4 is 10.6 Å². The van der Waals surface area contributed by atoms with E-state index in [1.54, 1.807) is 44.2 Å². The first-order valence-corrected chi connectivity index (χ1v) is 14.2. The van der Waals surface area contributed by atoms with E-state index in [4.69, 9.17) is 36.4 Å². The van der Waals surface area contributed by atoms with Crippen LogP contribution in [-0.4, -0.2) is 63.0 Å². The van der Waals surface area contributed by atoms with Gasteiger partial charge in [0.1, 0.15) is 41.7 Å². The molecule has 4 aliphatic rings. The Morgan fingerprint density at radius 3 is 2.75 bits per heavy atom. The molecule has 5 unspecified atom stereocenters. The van der Waals surface area contributed by atoms with Crippen molar-refractivity contribution in [2.24, 2.45) is 5.92 Å². The normalized spacial score (nSPS) is 25.9. The van der Waals surface area contributed by atoms with E-state index in [0.717, 1.165) is 0 Å². The van der Waals surface area contributed by atoms with Crippen LogP contribution in [0.3, 0.4) is 0 Å². The van der Waals surface area contributed by atoms with Gasteiger partial charge in [0.2, 0.25) is 0 Å². The van der Waals surface area contributed by atoms with Gasteiger partial charge in [0.05, 0.1) is 5.92 Å². The number of hydrogen-bond donors (Lipinski definition) is 6. The summed E-state index contributed by atoms with van der Waals surface area (Å²) in [6, 6.07) is 5.31. The third-order valence-electron chi connectivity index (χ3n) is 7.67. The first kappa shape index (κ1) is 31.2. The Labute approximate surface area is 257 Å². The van der Waals surface area contributed by atoms with Gasteiger partial charge in [0.25, 0.3) is 0 Å². The molecule has 0 amide bonds. The molecule has 5 rings (SSSR count). The van der Waals surface area contributed by atoms with Crippen molar-refractivity contribution in [2.75, 3.05) is 18.5 Å². The number of ether oxygens (including phenoxy) is 3. The second kappa shape index (κ2) is 12.8. The van der Waals surface area contributed by atoms with Gasteiger partial charge in [-0.15, -0.1) is 0 Å². The molecule has 1 spiro atoms. The Kier molecular flexibility index (Phi) is 9.08. The number of benzene rings is 1. The lowest BCUT2D eigenvalue weighted by atomic mass is 9.70. The third kappa shape index (κ3) is 6.21. The molecule has 0 saturated heterocycles. The molecule has 2 heterocycles. The number of thiocarbonyl (C=S) groups is 1. The number of aliphatic carboxylic acids is 1. The van der Waals surface area contributed by atoms with Crippen molar-refractivity contribution >= 4 is 35.1 Å². The molecule has 2 aliphatic heterocycles. The number of anilines is 1. The average Bonchev–Trinajstić information content (AvgIpc) is 3.26. The van der Waals surface area contributed by atoms with Crippen LogP contribution >= 0.6 is 12.2 Å². The molecule has 0 aromatic heterocycles. The molecular formula is C30H32N2O11S. The Morgan fingerprint density at radius 1 is 1.25 bits per heavy atom. The second-order valence-electron chi connectivity index (χ2n) is 10.5. The van der Waals surface area contributed by atoms with Crippen LogP contribution in [0.2, 0.25) is 0 Å². The van der Waals surface area contributed by atoms with Crippen LogP contribution in [-0.2, 0) is 34.4 Å². The molecule has 1 aromatic rings. The quantitative estimate of drug-likeness (QED) is 0.0806. The number of rotatable bonds is 8. The fourth-order valence-corrected chi connectivity index (χ4v) is 5.92. The van der Waals surface area contributed by atoms with Gasteiger partial charge in [-0.05, 0) is 74.5 Å². The van der Waals surface area contributed by atoms with Crippen LogP contribution in [0.5, 0.6) is 0 Å². The zero-order valence-corrected chi connectivity index (χ0v) is 24.6. The van der Waals surface area contributed by atoms with E-state index in [0.29, 0.717) is 28.1 Å². The highest BCUT2D eigenvalue weighted by Gasteiger charge is 2.57. The summed E-state index contributed by atoms with van der Waals surface area (Å²) in [6.07, 6.45) is 4.20. The number of carboxylic acids is 1. The van der Waals surface area contributed by atoms with Crippen LogP contribution in [0.25, 0.3) is 0 Å². The smallest absolute Gasteiger partial charge is 0.508 e. The van der Waals surface area contributed by atoms with Gasteiger partial charge in [0, 0.05) is 35.4 Å². The lowest BCUT2D eigenvalue weighted by Crippen LogP contribution is -2.48. The molecule has 14 heteroatoms. The molecule has 0 bridgehead atoms. The van der Waals surface area contributed by atoms with E-state index in [9.17, 15) is 24.9 Å². The Hall–Kier alpha value is -4.21. The summed E-state index contributed by atoms with van der Waals surface area (Å²) < 4.78 is 17.3. The first-order chi connectivity index (χ1) is 21.0. The Morgan fingerprint density at radius 2 is 2.05 bits per heavy atom. The maximum Gasteiger partial charge on any atom is 0.545 e. The summed E-state index contributed by atoms with van der Waals surface area (Å²) in [5, 5.41) is 46.7. The molecule has 5 atom stereocenters. The molecule has 0 saturated carbocycles. The SMILES string of the molecule is CC1=C(C(C)O)OC2C=C(O)C=CC2C12OC(O)c1cc(NC(=S)NCCOOC(=O)OC3=CC=C(C(=O)O)CC3)ccc12. The average molecular weight is 629 g/mol. The lowest BCUT2D eigenvalue weighted by molar-refractivity contribution is -0.250. The summed E-state index contributed by atoms with van der Waals surface area (Å²) in [7, 11) is 0. The molecule has 13 nitrogen and oxygen atoms in total. The number of carbonyl (C=O) groups excluding carboxylic acids is 1. The van der Waals surface area contributed by atoms with Crippen LogP contribution in [0.15, 0.2) is 77.0 Å². The molecule has 234 valence electrons. The van der Waals surface area contributed by atoms with Crippen molar-refractivity contribution in [3.63, 3.8) is 0 Å². The van der Waals surface area contributed by atoms with Gasteiger partial charge in [-0.3, -0.25) is 4.89 Å². The van der Waals surface area contributed by atoms with Gasteiger partial charge in [-0.25, -0.2) is 9.59 Å². The monoisotopic (exact) mass is 628 g/mol. The highest BCUT2D eigenvalue weighted by Crippen LogP contribution is 2.57. The molecular weight excluding hydrogens is 596 g/mol. The van der Waals surface area contributed by atoms with Gasteiger partial charge < -0.3 is 45.3 Å². The highest BCUT2D eigenvalue weighted by atomic mass is 32.1. The highest BCUT2D eigenvalue weighted by molar-refractivity contribution is 7.80.